The molecule has 0 unspecified atom stereocenters. The van der Waals surface area contributed by atoms with Gasteiger partial charge >= 0.3 is 0 Å². The summed E-state index contributed by atoms with van der Waals surface area (Å²) >= 11 is 1.25. The fraction of sp³-hybridized carbons (Fsp3) is 0.235. The van der Waals surface area contributed by atoms with Crippen molar-refractivity contribution in [3.8, 4) is 0 Å². The van der Waals surface area contributed by atoms with Gasteiger partial charge in [0.05, 0.1) is 16.6 Å². The Labute approximate surface area is 137 Å². The third kappa shape index (κ3) is 2.77. The number of nitrogens with zero attached hydrogens (tertiary/aromatic N) is 2. The summed E-state index contributed by atoms with van der Waals surface area (Å²) in [6, 6.07) is 5.89. The fourth-order valence-electron chi connectivity index (χ4n) is 2.66. The molecule has 2 heterocycles. The fourth-order valence-corrected chi connectivity index (χ4v) is 3.69. The predicted molar refractivity (Wildman–Crippen MR) is 93.5 cm³/mol. The number of carbonyl (C=O) groups is 1. The Morgan fingerprint density at radius 1 is 1.17 bits per heavy atom. The molecule has 3 rings (SSSR count). The minimum atomic E-state index is -0.211. The van der Waals surface area contributed by atoms with Crippen molar-refractivity contribution in [1.29, 1.82) is 0 Å². The van der Waals surface area contributed by atoms with E-state index >= 15 is 0 Å². The molecule has 118 valence electrons. The second-order valence-corrected chi connectivity index (χ2v) is 6.73. The lowest BCUT2D eigenvalue weighted by Gasteiger charge is -2.07. The van der Waals surface area contributed by atoms with Crippen LogP contribution in [-0.4, -0.2) is 15.5 Å². The van der Waals surface area contributed by atoms with E-state index in [1.54, 1.807) is 14.0 Å². The summed E-state index contributed by atoms with van der Waals surface area (Å²) in [5, 5.41) is 3.43. The molecular weight excluding hydrogens is 310 g/mol. The van der Waals surface area contributed by atoms with Gasteiger partial charge in [-0.15, -0.1) is 11.3 Å². The number of rotatable bonds is 2. The quantitative estimate of drug-likeness (QED) is 0.786. The van der Waals surface area contributed by atoms with Crippen LogP contribution in [0.4, 0.5) is 5.69 Å². The van der Waals surface area contributed by atoms with Crippen LogP contribution in [0.1, 0.15) is 26.4 Å². The number of hydrogen-bond acceptors (Lipinski definition) is 4. The van der Waals surface area contributed by atoms with Crippen LogP contribution < -0.4 is 10.9 Å². The van der Waals surface area contributed by atoms with Gasteiger partial charge in [0, 0.05) is 12.7 Å². The summed E-state index contributed by atoms with van der Waals surface area (Å²) in [5.74, 6) is -0.211. The Hall–Kier alpha value is -2.47. The van der Waals surface area contributed by atoms with Gasteiger partial charge in [-0.3, -0.25) is 9.59 Å². The average Bonchev–Trinajstić information content (AvgIpc) is 2.79. The van der Waals surface area contributed by atoms with Crippen molar-refractivity contribution in [3.63, 3.8) is 0 Å². The van der Waals surface area contributed by atoms with E-state index in [9.17, 15) is 9.59 Å². The Kier molecular flexibility index (Phi) is 3.77. The number of aromatic nitrogens is 2. The molecule has 0 aliphatic heterocycles. The summed E-state index contributed by atoms with van der Waals surface area (Å²) in [6.45, 7) is 5.76. The van der Waals surface area contributed by atoms with E-state index in [0.29, 0.717) is 20.7 Å². The first kappa shape index (κ1) is 15.4. The molecule has 0 saturated heterocycles. The molecule has 2 aromatic heterocycles. The summed E-state index contributed by atoms with van der Waals surface area (Å²) in [6.07, 6.45) is 1.48. The number of fused-ring (bicyclic) bond motifs is 1. The predicted octanol–water partition coefficient (Wildman–Crippen LogP) is 3.17. The largest absolute Gasteiger partial charge is 0.321 e. The normalized spacial score (nSPS) is 11.0. The number of nitrogens with one attached hydrogen (secondary N) is 1. The van der Waals surface area contributed by atoms with Gasteiger partial charge in [-0.1, -0.05) is 6.07 Å². The maximum Gasteiger partial charge on any atom is 0.266 e. The molecule has 0 aliphatic carbocycles. The van der Waals surface area contributed by atoms with E-state index in [2.05, 4.69) is 10.3 Å². The lowest BCUT2D eigenvalue weighted by Crippen LogP contribution is -2.17. The second kappa shape index (κ2) is 5.62. The molecule has 0 aliphatic rings. The summed E-state index contributed by atoms with van der Waals surface area (Å²) in [5.41, 5.74) is 3.48. The van der Waals surface area contributed by atoms with Gasteiger partial charge in [0.25, 0.3) is 11.5 Å². The van der Waals surface area contributed by atoms with Crippen LogP contribution >= 0.6 is 11.3 Å². The molecule has 6 heteroatoms. The second-order valence-electron chi connectivity index (χ2n) is 5.73. The van der Waals surface area contributed by atoms with E-state index in [1.165, 1.54) is 22.2 Å². The molecule has 0 radical (unpaired) electrons. The smallest absolute Gasteiger partial charge is 0.266 e. The monoisotopic (exact) mass is 327 g/mol. The highest BCUT2D eigenvalue weighted by Gasteiger charge is 2.19. The lowest BCUT2D eigenvalue weighted by molar-refractivity contribution is 0.103. The Morgan fingerprint density at radius 3 is 2.48 bits per heavy atom. The van der Waals surface area contributed by atoms with Crippen LogP contribution in [0, 0.1) is 20.8 Å². The summed E-state index contributed by atoms with van der Waals surface area (Å²) in [4.78, 5) is 30.2. The Balaban J connectivity index is 2.03. The molecule has 0 bridgehead atoms. The molecule has 1 amide bonds. The lowest BCUT2D eigenvalue weighted by atomic mass is 10.1. The molecule has 1 aromatic carbocycles. The van der Waals surface area contributed by atoms with Gasteiger partial charge in [0.1, 0.15) is 4.83 Å². The maximum atomic E-state index is 12.6. The van der Waals surface area contributed by atoms with Crippen molar-refractivity contribution >= 4 is 33.1 Å². The third-order valence-electron chi connectivity index (χ3n) is 3.70. The highest BCUT2D eigenvalue weighted by Crippen LogP contribution is 2.27. The SMILES string of the molecule is Cc1cc(C)cc(NC(=O)c2sc3ncn(C)c(=O)c3c2C)c1. The minimum absolute atomic E-state index is 0.130. The molecule has 1 N–H and O–H groups in total. The van der Waals surface area contributed by atoms with Gasteiger partial charge in [-0.2, -0.15) is 0 Å². The molecule has 5 nitrogen and oxygen atoms in total. The van der Waals surface area contributed by atoms with Gasteiger partial charge in [0.15, 0.2) is 0 Å². The van der Waals surface area contributed by atoms with Crippen molar-refractivity contribution in [2.75, 3.05) is 5.32 Å². The number of carbonyl (C=O) groups excluding carboxylic acids is 1. The van der Waals surface area contributed by atoms with Gasteiger partial charge in [0.2, 0.25) is 0 Å². The van der Waals surface area contributed by atoms with Gasteiger partial charge in [-0.25, -0.2) is 4.98 Å². The highest BCUT2D eigenvalue weighted by molar-refractivity contribution is 7.20. The first-order valence-electron chi connectivity index (χ1n) is 7.21. The Morgan fingerprint density at radius 2 is 1.83 bits per heavy atom. The van der Waals surface area contributed by atoms with E-state index in [0.717, 1.165) is 16.8 Å². The van der Waals surface area contributed by atoms with Crippen molar-refractivity contribution < 1.29 is 4.79 Å². The molecule has 0 spiro atoms. The van der Waals surface area contributed by atoms with Crippen LogP contribution in [0.3, 0.4) is 0 Å². The van der Waals surface area contributed by atoms with Gasteiger partial charge < -0.3 is 9.88 Å². The molecular formula is C17H17N3O2S. The summed E-state index contributed by atoms with van der Waals surface area (Å²) < 4.78 is 1.42. The topological polar surface area (TPSA) is 64.0 Å². The van der Waals surface area contributed by atoms with Crippen molar-refractivity contribution in [1.82, 2.24) is 9.55 Å². The minimum Gasteiger partial charge on any atom is -0.321 e. The number of anilines is 1. The zero-order valence-electron chi connectivity index (χ0n) is 13.4. The van der Waals surface area contributed by atoms with Crippen LogP contribution in [0.15, 0.2) is 29.3 Å². The number of amides is 1. The standard InChI is InChI=1S/C17H17N3O2S/c1-9-5-10(2)7-12(6-9)19-15(21)14-11(3)13-16(23-14)18-8-20(4)17(13)22/h5-8H,1-4H3,(H,19,21). The number of aryl methyl sites for hydroxylation is 4. The van der Waals surface area contributed by atoms with E-state index in [4.69, 9.17) is 0 Å². The zero-order chi connectivity index (χ0) is 16.7. The van der Waals surface area contributed by atoms with E-state index < -0.39 is 0 Å². The number of thiophene rings is 1. The van der Waals surface area contributed by atoms with Crippen LogP contribution in [0.25, 0.3) is 10.2 Å². The number of hydrogen-bond donors (Lipinski definition) is 1. The van der Waals surface area contributed by atoms with Crippen LogP contribution in [0.2, 0.25) is 0 Å². The number of benzene rings is 1. The molecule has 0 saturated carbocycles. The van der Waals surface area contributed by atoms with Crippen molar-refractivity contribution in [3.05, 3.63) is 56.4 Å². The molecule has 23 heavy (non-hydrogen) atoms. The Bertz CT molecular complexity index is 965. The third-order valence-corrected chi connectivity index (χ3v) is 4.89. The molecule has 0 fully saturated rings. The zero-order valence-corrected chi connectivity index (χ0v) is 14.2. The van der Waals surface area contributed by atoms with Crippen LogP contribution in [-0.2, 0) is 7.05 Å². The summed E-state index contributed by atoms with van der Waals surface area (Å²) in [7, 11) is 1.65. The van der Waals surface area contributed by atoms with Crippen molar-refractivity contribution in [2.45, 2.75) is 20.8 Å². The highest BCUT2D eigenvalue weighted by atomic mass is 32.1. The van der Waals surface area contributed by atoms with Crippen LogP contribution in [0.5, 0.6) is 0 Å². The van der Waals surface area contributed by atoms with E-state index in [-0.39, 0.29) is 11.5 Å². The maximum absolute atomic E-state index is 12.6. The van der Waals surface area contributed by atoms with Crippen molar-refractivity contribution in [2.24, 2.45) is 7.05 Å². The first-order valence-corrected chi connectivity index (χ1v) is 8.03. The van der Waals surface area contributed by atoms with E-state index in [1.807, 2.05) is 32.0 Å². The van der Waals surface area contributed by atoms with Gasteiger partial charge in [-0.05, 0) is 49.6 Å². The first-order chi connectivity index (χ1) is 10.9. The molecule has 0 atom stereocenters. The average molecular weight is 327 g/mol. The molecule has 3 aromatic rings.